The normalized spacial score (nSPS) is 15.4. The molecule has 1 heterocycles. The Hall–Kier alpha value is -2.53. The van der Waals surface area contributed by atoms with Crippen molar-refractivity contribution in [2.75, 3.05) is 33.4 Å². The second-order valence-electron chi connectivity index (χ2n) is 6.44. The van der Waals surface area contributed by atoms with E-state index in [1.54, 1.807) is 13.2 Å². The van der Waals surface area contributed by atoms with Crippen LogP contribution in [0.1, 0.15) is 24.4 Å². The highest BCUT2D eigenvalue weighted by molar-refractivity contribution is 5.77. The fourth-order valence-electron chi connectivity index (χ4n) is 3.29. The van der Waals surface area contributed by atoms with Crippen LogP contribution in [-0.4, -0.2) is 44.2 Å². The molecule has 0 saturated carbocycles. The average Bonchev–Trinajstić information content (AvgIpc) is 3.22. The highest BCUT2D eigenvalue weighted by Crippen LogP contribution is 2.24. The molecular weight excluding hydrogens is 328 g/mol. The summed E-state index contributed by atoms with van der Waals surface area (Å²) in [5.41, 5.74) is 1.24. The minimum Gasteiger partial charge on any atom is -0.497 e. The van der Waals surface area contributed by atoms with Gasteiger partial charge in [-0.25, -0.2) is 0 Å². The Kier molecular flexibility index (Phi) is 6.50. The van der Waals surface area contributed by atoms with Crippen molar-refractivity contribution >= 4 is 5.91 Å². The van der Waals surface area contributed by atoms with Crippen LogP contribution in [0.3, 0.4) is 0 Å². The van der Waals surface area contributed by atoms with E-state index in [1.165, 1.54) is 18.4 Å². The van der Waals surface area contributed by atoms with Crippen LogP contribution in [0.4, 0.5) is 0 Å². The maximum absolute atomic E-state index is 12.2. The van der Waals surface area contributed by atoms with E-state index < -0.39 is 0 Å². The molecule has 5 heteroatoms. The van der Waals surface area contributed by atoms with Gasteiger partial charge in [0.15, 0.2) is 6.61 Å². The van der Waals surface area contributed by atoms with Crippen molar-refractivity contribution in [1.82, 2.24) is 10.2 Å². The van der Waals surface area contributed by atoms with Gasteiger partial charge in [0.1, 0.15) is 11.5 Å². The van der Waals surface area contributed by atoms with E-state index in [4.69, 9.17) is 9.47 Å². The summed E-state index contributed by atoms with van der Waals surface area (Å²) in [6, 6.07) is 17.8. The molecule has 1 aliphatic rings. The molecule has 138 valence electrons. The summed E-state index contributed by atoms with van der Waals surface area (Å²) in [4.78, 5) is 14.7. The van der Waals surface area contributed by atoms with Gasteiger partial charge in [-0.15, -0.1) is 0 Å². The van der Waals surface area contributed by atoms with E-state index in [1.807, 2.05) is 36.4 Å². The number of carbonyl (C=O) groups is 1. The zero-order valence-corrected chi connectivity index (χ0v) is 15.2. The molecule has 1 saturated heterocycles. The molecule has 0 radical (unpaired) electrons. The molecule has 2 aromatic carbocycles. The summed E-state index contributed by atoms with van der Waals surface area (Å²) in [5.74, 6) is 1.22. The van der Waals surface area contributed by atoms with E-state index in [-0.39, 0.29) is 18.6 Å². The SMILES string of the molecule is COc1cccc(OCC(=O)NCC(c2ccccc2)N2CCCC2)c1. The third-order valence-corrected chi connectivity index (χ3v) is 4.67. The number of ether oxygens (including phenoxy) is 2. The molecule has 1 aliphatic heterocycles. The lowest BCUT2D eigenvalue weighted by molar-refractivity contribution is -0.123. The summed E-state index contributed by atoms with van der Waals surface area (Å²) in [6.07, 6.45) is 2.44. The first-order valence-electron chi connectivity index (χ1n) is 9.09. The Morgan fingerprint density at radius 3 is 2.54 bits per heavy atom. The second-order valence-corrected chi connectivity index (χ2v) is 6.44. The quantitative estimate of drug-likeness (QED) is 0.792. The Labute approximate surface area is 154 Å². The van der Waals surface area contributed by atoms with E-state index in [0.29, 0.717) is 18.0 Å². The summed E-state index contributed by atoms with van der Waals surface area (Å²) < 4.78 is 10.7. The molecule has 1 unspecified atom stereocenters. The van der Waals surface area contributed by atoms with Gasteiger partial charge in [-0.2, -0.15) is 0 Å². The Balaban J connectivity index is 1.53. The van der Waals surface area contributed by atoms with Crippen LogP contribution in [0.2, 0.25) is 0 Å². The number of methoxy groups -OCH3 is 1. The lowest BCUT2D eigenvalue weighted by Gasteiger charge is -2.28. The lowest BCUT2D eigenvalue weighted by Crippen LogP contribution is -2.38. The van der Waals surface area contributed by atoms with E-state index in [0.717, 1.165) is 13.1 Å². The molecule has 1 N–H and O–H groups in total. The van der Waals surface area contributed by atoms with Crippen LogP contribution in [-0.2, 0) is 4.79 Å². The largest absolute Gasteiger partial charge is 0.497 e. The number of carbonyl (C=O) groups excluding carboxylic acids is 1. The molecule has 0 aliphatic carbocycles. The number of hydrogen-bond donors (Lipinski definition) is 1. The first-order chi connectivity index (χ1) is 12.8. The van der Waals surface area contributed by atoms with Crippen molar-refractivity contribution in [3.8, 4) is 11.5 Å². The maximum Gasteiger partial charge on any atom is 0.258 e. The number of likely N-dealkylation sites (tertiary alicyclic amines) is 1. The zero-order valence-electron chi connectivity index (χ0n) is 15.2. The highest BCUT2D eigenvalue weighted by atomic mass is 16.5. The third-order valence-electron chi connectivity index (χ3n) is 4.67. The molecule has 2 aromatic rings. The van der Waals surface area contributed by atoms with Crippen LogP contribution >= 0.6 is 0 Å². The van der Waals surface area contributed by atoms with Crippen LogP contribution in [0.15, 0.2) is 54.6 Å². The van der Waals surface area contributed by atoms with Crippen LogP contribution < -0.4 is 14.8 Å². The van der Waals surface area contributed by atoms with Crippen LogP contribution in [0, 0.1) is 0 Å². The molecule has 0 spiro atoms. The molecule has 0 bridgehead atoms. The van der Waals surface area contributed by atoms with Crippen molar-refractivity contribution in [2.24, 2.45) is 0 Å². The van der Waals surface area contributed by atoms with Gasteiger partial charge in [0.25, 0.3) is 5.91 Å². The monoisotopic (exact) mass is 354 g/mol. The topological polar surface area (TPSA) is 50.8 Å². The first kappa shape index (κ1) is 18.3. The summed E-state index contributed by atoms with van der Waals surface area (Å²) in [6.45, 7) is 2.74. The van der Waals surface area contributed by atoms with Gasteiger partial charge < -0.3 is 14.8 Å². The van der Waals surface area contributed by atoms with Crippen LogP contribution in [0.5, 0.6) is 11.5 Å². The van der Waals surface area contributed by atoms with Crippen molar-refractivity contribution < 1.29 is 14.3 Å². The smallest absolute Gasteiger partial charge is 0.258 e. The molecule has 1 fully saturated rings. The number of nitrogens with one attached hydrogen (secondary N) is 1. The van der Waals surface area contributed by atoms with Crippen molar-refractivity contribution in [3.05, 3.63) is 60.2 Å². The first-order valence-corrected chi connectivity index (χ1v) is 9.09. The van der Waals surface area contributed by atoms with Crippen molar-refractivity contribution in [1.29, 1.82) is 0 Å². The van der Waals surface area contributed by atoms with Gasteiger partial charge in [0.05, 0.1) is 13.2 Å². The number of hydrogen-bond acceptors (Lipinski definition) is 4. The summed E-state index contributed by atoms with van der Waals surface area (Å²) in [7, 11) is 1.61. The molecule has 0 aromatic heterocycles. The molecule has 1 amide bonds. The minimum absolute atomic E-state index is 0.00528. The maximum atomic E-state index is 12.2. The van der Waals surface area contributed by atoms with Crippen LogP contribution in [0.25, 0.3) is 0 Å². The van der Waals surface area contributed by atoms with E-state index >= 15 is 0 Å². The minimum atomic E-state index is -0.118. The molecular formula is C21H26N2O3. The molecule has 5 nitrogen and oxygen atoms in total. The molecule has 3 rings (SSSR count). The third kappa shape index (κ3) is 4.99. The number of amides is 1. The molecule has 26 heavy (non-hydrogen) atoms. The zero-order chi connectivity index (χ0) is 18.2. The average molecular weight is 354 g/mol. The Morgan fingerprint density at radius 2 is 1.81 bits per heavy atom. The number of benzene rings is 2. The van der Waals surface area contributed by atoms with Gasteiger partial charge >= 0.3 is 0 Å². The van der Waals surface area contributed by atoms with Gasteiger partial charge in [-0.05, 0) is 43.6 Å². The van der Waals surface area contributed by atoms with Gasteiger partial charge in [0.2, 0.25) is 0 Å². The standard InChI is InChI=1S/C21H26N2O3/c1-25-18-10-7-11-19(14-18)26-16-21(24)22-15-20(23-12-5-6-13-23)17-8-3-2-4-9-17/h2-4,7-11,14,20H,5-6,12-13,15-16H2,1H3,(H,22,24). The van der Waals surface area contributed by atoms with Gasteiger partial charge in [-0.3, -0.25) is 9.69 Å². The number of rotatable bonds is 8. The summed E-state index contributed by atoms with van der Waals surface area (Å²) >= 11 is 0. The fourth-order valence-corrected chi connectivity index (χ4v) is 3.29. The van der Waals surface area contributed by atoms with E-state index in [2.05, 4.69) is 22.3 Å². The van der Waals surface area contributed by atoms with Gasteiger partial charge in [-0.1, -0.05) is 36.4 Å². The Bertz CT molecular complexity index is 699. The predicted octanol–water partition coefficient (Wildman–Crippen LogP) is 3.03. The van der Waals surface area contributed by atoms with Crippen molar-refractivity contribution in [2.45, 2.75) is 18.9 Å². The van der Waals surface area contributed by atoms with Crippen molar-refractivity contribution in [3.63, 3.8) is 0 Å². The second kappa shape index (κ2) is 9.25. The Morgan fingerprint density at radius 1 is 1.08 bits per heavy atom. The number of nitrogens with zero attached hydrogens (tertiary/aromatic N) is 1. The summed E-state index contributed by atoms with van der Waals surface area (Å²) in [5, 5.41) is 3.02. The van der Waals surface area contributed by atoms with E-state index in [9.17, 15) is 4.79 Å². The molecule has 1 atom stereocenters. The predicted molar refractivity (Wildman–Crippen MR) is 101 cm³/mol. The van der Waals surface area contributed by atoms with Gasteiger partial charge in [0, 0.05) is 12.6 Å². The lowest BCUT2D eigenvalue weighted by atomic mass is 10.1. The highest BCUT2D eigenvalue weighted by Gasteiger charge is 2.23. The fraction of sp³-hybridized carbons (Fsp3) is 0.381.